The Morgan fingerprint density at radius 3 is 2.80 bits per heavy atom. The topological polar surface area (TPSA) is 81.7 Å². The van der Waals surface area contributed by atoms with Crippen LogP contribution in [0.15, 0.2) is 23.3 Å². The summed E-state index contributed by atoms with van der Waals surface area (Å²) in [5, 5.41) is 9.50. The highest BCUT2D eigenvalue weighted by atomic mass is 16.1. The van der Waals surface area contributed by atoms with E-state index in [1.54, 1.807) is 13.2 Å². The number of aromatic nitrogens is 1. The fourth-order valence-electron chi connectivity index (χ4n) is 2.87. The summed E-state index contributed by atoms with van der Waals surface area (Å²) >= 11 is 0. The van der Waals surface area contributed by atoms with Gasteiger partial charge in [0.15, 0.2) is 5.96 Å². The van der Waals surface area contributed by atoms with Gasteiger partial charge in [0, 0.05) is 38.9 Å². The second-order valence-electron chi connectivity index (χ2n) is 6.33. The Balaban J connectivity index is 1.86. The molecule has 1 aromatic heterocycles. The van der Waals surface area contributed by atoms with Crippen molar-refractivity contribution in [2.45, 2.75) is 39.3 Å². The minimum absolute atomic E-state index is 0.0760. The van der Waals surface area contributed by atoms with Crippen LogP contribution in [0, 0.1) is 6.92 Å². The van der Waals surface area contributed by atoms with Crippen LogP contribution in [0.4, 0.5) is 0 Å². The molecule has 0 radical (unpaired) electrons. The normalized spacial score (nSPS) is 16.5. The zero-order chi connectivity index (χ0) is 18.1. The number of carbonyl (C=O) groups is 1. The van der Waals surface area contributed by atoms with Crippen LogP contribution < -0.4 is 16.0 Å². The van der Waals surface area contributed by atoms with Gasteiger partial charge in [0.25, 0.3) is 0 Å². The Morgan fingerprint density at radius 2 is 2.16 bits per heavy atom. The van der Waals surface area contributed by atoms with E-state index >= 15 is 0 Å². The number of nitrogens with zero attached hydrogens (tertiary/aromatic N) is 3. The number of likely N-dealkylation sites (tertiary alicyclic amines) is 1. The van der Waals surface area contributed by atoms with Crippen molar-refractivity contribution in [1.29, 1.82) is 0 Å². The molecule has 138 valence electrons. The fourth-order valence-corrected chi connectivity index (χ4v) is 2.87. The fraction of sp³-hybridized carbons (Fsp3) is 0.611. The molecule has 7 heteroatoms. The van der Waals surface area contributed by atoms with E-state index in [1.807, 2.05) is 6.07 Å². The predicted molar refractivity (Wildman–Crippen MR) is 100 cm³/mol. The molecule has 2 heterocycles. The van der Waals surface area contributed by atoms with Crippen molar-refractivity contribution in [3.63, 3.8) is 0 Å². The van der Waals surface area contributed by atoms with E-state index in [0.29, 0.717) is 19.1 Å². The molecule has 1 fully saturated rings. The molecule has 0 bridgehead atoms. The van der Waals surface area contributed by atoms with Gasteiger partial charge in [-0.15, -0.1) is 0 Å². The molecule has 1 amide bonds. The van der Waals surface area contributed by atoms with Crippen molar-refractivity contribution in [3.8, 4) is 0 Å². The summed E-state index contributed by atoms with van der Waals surface area (Å²) in [5.74, 6) is 0.907. The average Bonchev–Trinajstić information content (AvgIpc) is 2.62. The average molecular weight is 346 g/mol. The molecule has 0 unspecified atom stereocenters. The van der Waals surface area contributed by atoms with E-state index in [2.05, 4.69) is 50.7 Å². The van der Waals surface area contributed by atoms with Gasteiger partial charge in [-0.1, -0.05) is 6.07 Å². The molecular weight excluding hydrogens is 316 g/mol. The first-order valence-corrected chi connectivity index (χ1v) is 9.00. The Labute approximate surface area is 150 Å². The van der Waals surface area contributed by atoms with Gasteiger partial charge in [-0.3, -0.25) is 14.7 Å². The molecule has 7 nitrogen and oxygen atoms in total. The molecule has 2 rings (SSSR count). The number of pyridine rings is 1. The number of carbonyl (C=O) groups excluding carboxylic acids is 1. The molecule has 3 N–H and O–H groups in total. The zero-order valence-corrected chi connectivity index (χ0v) is 15.5. The monoisotopic (exact) mass is 346 g/mol. The van der Waals surface area contributed by atoms with E-state index in [1.165, 1.54) is 0 Å². The largest absolute Gasteiger partial charge is 0.358 e. The number of hydrogen-bond donors (Lipinski definition) is 3. The summed E-state index contributed by atoms with van der Waals surface area (Å²) in [6.07, 6.45) is 3.81. The molecule has 0 aliphatic carbocycles. The van der Waals surface area contributed by atoms with Crippen molar-refractivity contribution >= 4 is 11.9 Å². The summed E-state index contributed by atoms with van der Waals surface area (Å²) in [5.41, 5.74) is 2.16. The number of aryl methyl sites for hydroxylation is 1. The van der Waals surface area contributed by atoms with Crippen LogP contribution >= 0.6 is 0 Å². The van der Waals surface area contributed by atoms with Gasteiger partial charge in [0.05, 0.1) is 18.8 Å². The van der Waals surface area contributed by atoms with Gasteiger partial charge in [-0.2, -0.15) is 0 Å². The minimum Gasteiger partial charge on any atom is -0.358 e. The number of aliphatic imine (C=N–C) groups is 1. The molecule has 1 aromatic rings. The van der Waals surface area contributed by atoms with Crippen LogP contribution in [0.2, 0.25) is 0 Å². The Bertz CT molecular complexity index is 581. The summed E-state index contributed by atoms with van der Waals surface area (Å²) in [4.78, 5) is 22.7. The van der Waals surface area contributed by atoms with Gasteiger partial charge in [0.2, 0.25) is 5.91 Å². The molecule has 25 heavy (non-hydrogen) atoms. The number of guanidine groups is 1. The van der Waals surface area contributed by atoms with Crippen molar-refractivity contribution in [3.05, 3.63) is 29.6 Å². The number of likely N-dealkylation sites (N-methyl/N-ethyl adjacent to an activating group) is 1. The highest BCUT2D eigenvalue weighted by Crippen LogP contribution is 2.10. The molecule has 1 saturated heterocycles. The lowest BCUT2D eigenvalue weighted by Crippen LogP contribution is -2.50. The van der Waals surface area contributed by atoms with Gasteiger partial charge >= 0.3 is 0 Å². The quantitative estimate of drug-likeness (QED) is 0.521. The SMILES string of the molecule is CCNC(=NCc1ncccc1C)NC1CCN(CC(=O)NC)CC1. The van der Waals surface area contributed by atoms with E-state index in [9.17, 15) is 4.79 Å². The maximum Gasteiger partial charge on any atom is 0.233 e. The van der Waals surface area contributed by atoms with Crippen molar-refractivity contribution < 1.29 is 4.79 Å². The summed E-state index contributed by atoms with van der Waals surface area (Å²) in [6.45, 7) is 7.83. The van der Waals surface area contributed by atoms with Gasteiger partial charge in [-0.05, 0) is 38.3 Å². The predicted octanol–water partition coefficient (Wildman–Crippen LogP) is 0.656. The van der Waals surface area contributed by atoms with E-state index in [0.717, 1.165) is 49.7 Å². The van der Waals surface area contributed by atoms with Crippen LogP contribution in [0.3, 0.4) is 0 Å². The van der Waals surface area contributed by atoms with Crippen molar-refractivity contribution in [2.75, 3.05) is 33.2 Å². The number of amides is 1. The van der Waals surface area contributed by atoms with E-state index < -0.39 is 0 Å². The first-order chi connectivity index (χ1) is 12.1. The lowest BCUT2D eigenvalue weighted by atomic mass is 10.1. The first kappa shape index (κ1) is 19.2. The lowest BCUT2D eigenvalue weighted by molar-refractivity contribution is -0.122. The van der Waals surface area contributed by atoms with Gasteiger partial charge < -0.3 is 16.0 Å². The smallest absolute Gasteiger partial charge is 0.233 e. The number of nitrogens with one attached hydrogen (secondary N) is 3. The van der Waals surface area contributed by atoms with Gasteiger partial charge in [0.1, 0.15) is 0 Å². The molecule has 0 atom stereocenters. The standard InChI is InChI=1S/C18H30N6O/c1-4-20-18(22-12-16-14(2)6-5-9-21-16)23-15-7-10-24(11-8-15)13-17(25)19-3/h5-6,9,15H,4,7-8,10-13H2,1-3H3,(H,19,25)(H2,20,22,23). The second kappa shape index (κ2) is 9.98. The maximum absolute atomic E-state index is 11.5. The summed E-state index contributed by atoms with van der Waals surface area (Å²) < 4.78 is 0. The Hall–Kier alpha value is -2.15. The number of rotatable bonds is 6. The molecule has 0 saturated carbocycles. The van der Waals surface area contributed by atoms with Crippen molar-refractivity contribution in [2.24, 2.45) is 4.99 Å². The maximum atomic E-state index is 11.5. The number of piperidine rings is 1. The van der Waals surface area contributed by atoms with Crippen LogP contribution in [-0.2, 0) is 11.3 Å². The van der Waals surface area contributed by atoms with Gasteiger partial charge in [-0.25, -0.2) is 4.99 Å². The third-order valence-electron chi connectivity index (χ3n) is 4.42. The van der Waals surface area contributed by atoms with E-state index in [-0.39, 0.29) is 5.91 Å². The summed E-state index contributed by atoms with van der Waals surface area (Å²) in [6, 6.07) is 4.38. The van der Waals surface area contributed by atoms with Crippen LogP contribution in [0.1, 0.15) is 31.0 Å². The molecule has 0 aromatic carbocycles. The Kier molecular flexibility index (Phi) is 7.66. The van der Waals surface area contributed by atoms with Crippen LogP contribution in [-0.4, -0.2) is 61.0 Å². The lowest BCUT2D eigenvalue weighted by Gasteiger charge is -2.32. The third kappa shape index (κ3) is 6.34. The molecule has 1 aliphatic heterocycles. The third-order valence-corrected chi connectivity index (χ3v) is 4.42. The number of hydrogen-bond acceptors (Lipinski definition) is 4. The van der Waals surface area contributed by atoms with Crippen LogP contribution in [0.25, 0.3) is 0 Å². The van der Waals surface area contributed by atoms with E-state index in [4.69, 9.17) is 0 Å². The second-order valence-corrected chi connectivity index (χ2v) is 6.33. The molecule has 0 spiro atoms. The minimum atomic E-state index is 0.0760. The Morgan fingerprint density at radius 1 is 1.40 bits per heavy atom. The zero-order valence-electron chi connectivity index (χ0n) is 15.5. The molecule has 1 aliphatic rings. The molecular formula is C18H30N6O. The summed E-state index contributed by atoms with van der Waals surface area (Å²) in [7, 11) is 1.68. The van der Waals surface area contributed by atoms with Crippen LogP contribution in [0.5, 0.6) is 0 Å². The highest BCUT2D eigenvalue weighted by molar-refractivity contribution is 5.80. The highest BCUT2D eigenvalue weighted by Gasteiger charge is 2.21. The first-order valence-electron chi connectivity index (χ1n) is 9.00. The van der Waals surface area contributed by atoms with Crippen molar-refractivity contribution in [1.82, 2.24) is 25.8 Å².